The van der Waals surface area contributed by atoms with E-state index in [2.05, 4.69) is 0 Å². The van der Waals surface area contributed by atoms with Crippen LogP contribution in [0.4, 0.5) is 0 Å². The van der Waals surface area contributed by atoms with Gasteiger partial charge in [-0.15, -0.1) is 0 Å². The summed E-state index contributed by atoms with van der Waals surface area (Å²) in [6.07, 6.45) is 2.94. The van der Waals surface area contributed by atoms with E-state index in [0.29, 0.717) is 18.7 Å². The van der Waals surface area contributed by atoms with Gasteiger partial charge < -0.3 is 10.6 Å². The maximum atomic E-state index is 12.3. The van der Waals surface area contributed by atoms with Crippen molar-refractivity contribution in [2.45, 2.75) is 23.8 Å². The van der Waals surface area contributed by atoms with Crippen molar-refractivity contribution in [2.24, 2.45) is 5.73 Å². The van der Waals surface area contributed by atoms with Gasteiger partial charge in [0.1, 0.15) is 0 Å². The molecule has 1 aliphatic heterocycles. The smallest absolute Gasteiger partial charge is 0.253 e. The fourth-order valence-corrected chi connectivity index (χ4v) is 2.90. The first kappa shape index (κ1) is 14.0. The number of amides is 1. The summed E-state index contributed by atoms with van der Waals surface area (Å²) in [5.74, 6) is -0.152. The van der Waals surface area contributed by atoms with Gasteiger partial charge in [0.05, 0.1) is 4.90 Å². The number of rotatable bonds is 2. The maximum Gasteiger partial charge on any atom is 0.253 e. The minimum Gasteiger partial charge on any atom is -0.337 e. The van der Waals surface area contributed by atoms with Crippen LogP contribution in [0, 0.1) is 0 Å². The summed E-state index contributed by atoms with van der Waals surface area (Å²) >= 11 is 0. The highest BCUT2D eigenvalue weighted by atomic mass is 32.2. The maximum absolute atomic E-state index is 12.3. The van der Waals surface area contributed by atoms with Crippen LogP contribution >= 0.6 is 0 Å². The van der Waals surface area contributed by atoms with E-state index >= 15 is 0 Å². The van der Waals surface area contributed by atoms with Crippen molar-refractivity contribution in [2.75, 3.05) is 19.3 Å². The lowest BCUT2D eigenvalue weighted by Gasteiger charge is -2.30. The van der Waals surface area contributed by atoms with Crippen molar-refractivity contribution in [3.63, 3.8) is 0 Å². The predicted molar refractivity (Wildman–Crippen MR) is 72.7 cm³/mol. The topological polar surface area (TPSA) is 80.5 Å². The van der Waals surface area contributed by atoms with Crippen molar-refractivity contribution < 1.29 is 13.2 Å². The molecule has 1 aliphatic rings. The number of hydrogen-bond donors (Lipinski definition) is 1. The van der Waals surface area contributed by atoms with Crippen LogP contribution in [0.3, 0.4) is 0 Å². The van der Waals surface area contributed by atoms with Crippen LogP contribution in [0.15, 0.2) is 29.2 Å². The van der Waals surface area contributed by atoms with E-state index in [0.717, 1.165) is 19.1 Å². The van der Waals surface area contributed by atoms with Crippen LogP contribution in [0.2, 0.25) is 0 Å². The van der Waals surface area contributed by atoms with Crippen LogP contribution in [0.25, 0.3) is 0 Å². The first-order chi connectivity index (χ1) is 8.88. The molecule has 6 heteroatoms. The van der Waals surface area contributed by atoms with E-state index in [1.165, 1.54) is 12.1 Å². The van der Waals surface area contributed by atoms with Gasteiger partial charge in [0.25, 0.3) is 5.91 Å². The van der Waals surface area contributed by atoms with E-state index in [1.807, 2.05) is 0 Å². The van der Waals surface area contributed by atoms with Gasteiger partial charge in [0.15, 0.2) is 9.84 Å². The van der Waals surface area contributed by atoms with E-state index < -0.39 is 9.84 Å². The summed E-state index contributed by atoms with van der Waals surface area (Å²) in [4.78, 5) is 14.2. The molecule has 0 radical (unpaired) electrons. The van der Waals surface area contributed by atoms with Gasteiger partial charge in [-0.2, -0.15) is 0 Å². The molecule has 1 saturated heterocycles. The number of sulfone groups is 1. The molecule has 0 bridgehead atoms. The number of benzene rings is 1. The molecule has 104 valence electrons. The van der Waals surface area contributed by atoms with Gasteiger partial charge in [0.2, 0.25) is 0 Å². The summed E-state index contributed by atoms with van der Waals surface area (Å²) in [5.41, 5.74) is 6.25. The molecule has 1 amide bonds. The lowest BCUT2D eigenvalue weighted by Crippen LogP contribution is -2.45. The van der Waals surface area contributed by atoms with Crippen LogP contribution < -0.4 is 5.73 Å². The Labute approximate surface area is 113 Å². The number of piperidine rings is 1. The lowest BCUT2D eigenvalue weighted by atomic mass is 10.1. The Morgan fingerprint density at radius 2 is 2.16 bits per heavy atom. The SMILES string of the molecule is CS(=O)(=O)c1cccc(C(=O)N2CCCC(N)C2)c1. The summed E-state index contributed by atoms with van der Waals surface area (Å²) in [5, 5.41) is 0. The van der Waals surface area contributed by atoms with E-state index in [4.69, 9.17) is 5.73 Å². The fourth-order valence-electron chi connectivity index (χ4n) is 2.24. The number of nitrogens with zero attached hydrogens (tertiary/aromatic N) is 1. The highest BCUT2D eigenvalue weighted by Crippen LogP contribution is 2.16. The summed E-state index contributed by atoms with van der Waals surface area (Å²) < 4.78 is 23.0. The molecule has 1 unspecified atom stereocenters. The van der Waals surface area contributed by atoms with Gasteiger partial charge >= 0.3 is 0 Å². The molecule has 19 heavy (non-hydrogen) atoms. The van der Waals surface area contributed by atoms with Crippen molar-refractivity contribution in [3.05, 3.63) is 29.8 Å². The van der Waals surface area contributed by atoms with Gasteiger partial charge in [-0.05, 0) is 31.0 Å². The third kappa shape index (κ3) is 3.33. The molecule has 1 heterocycles. The van der Waals surface area contributed by atoms with Crippen LogP contribution in [0.5, 0.6) is 0 Å². The Hall–Kier alpha value is -1.40. The van der Waals surface area contributed by atoms with Crippen molar-refractivity contribution in [1.82, 2.24) is 4.90 Å². The highest BCUT2D eigenvalue weighted by Gasteiger charge is 2.23. The van der Waals surface area contributed by atoms with Gasteiger partial charge in [0, 0.05) is 31.0 Å². The zero-order chi connectivity index (χ0) is 14.0. The Kier molecular flexibility index (Phi) is 3.91. The molecule has 0 aliphatic carbocycles. The minimum atomic E-state index is -3.30. The molecule has 1 atom stereocenters. The summed E-state index contributed by atoms with van der Waals surface area (Å²) in [6.45, 7) is 1.21. The average molecular weight is 282 g/mol. The molecule has 2 N–H and O–H groups in total. The normalized spacial score (nSPS) is 20.3. The summed E-state index contributed by atoms with van der Waals surface area (Å²) in [6, 6.07) is 6.16. The van der Waals surface area contributed by atoms with E-state index in [1.54, 1.807) is 17.0 Å². The van der Waals surface area contributed by atoms with Gasteiger partial charge in [-0.1, -0.05) is 6.07 Å². The van der Waals surface area contributed by atoms with E-state index in [-0.39, 0.29) is 16.8 Å². The number of nitrogens with two attached hydrogens (primary N) is 1. The molecule has 0 saturated carbocycles. The standard InChI is InChI=1S/C13H18N2O3S/c1-19(17,18)12-6-2-4-10(8-12)13(16)15-7-3-5-11(14)9-15/h2,4,6,8,11H,3,5,7,9,14H2,1H3. The van der Waals surface area contributed by atoms with Crippen molar-refractivity contribution in [3.8, 4) is 0 Å². The lowest BCUT2D eigenvalue weighted by molar-refractivity contribution is 0.0708. The second-order valence-corrected chi connectivity index (χ2v) is 6.97. The highest BCUT2D eigenvalue weighted by molar-refractivity contribution is 7.90. The second-order valence-electron chi connectivity index (χ2n) is 4.95. The van der Waals surface area contributed by atoms with Crippen LogP contribution in [-0.2, 0) is 9.84 Å². The zero-order valence-corrected chi connectivity index (χ0v) is 11.7. The molecular formula is C13H18N2O3S. The zero-order valence-electron chi connectivity index (χ0n) is 10.9. The first-order valence-electron chi connectivity index (χ1n) is 6.23. The molecule has 5 nitrogen and oxygen atoms in total. The third-order valence-corrected chi connectivity index (χ3v) is 4.36. The largest absolute Gasteiger partial charge is 0.337 e. The second kappa shape index (κ2) is 5.30. The summed E-state index contributed by atoms with van der Waals surface area (Å²) in [7, 11) is -3.30. The monoisotopic (exact) mass is 282 g/mol. The molecular weight excluding hydrogens is 264 g/mol. The Morgan fingerprint density at radius 3 is 2.79 bits per heavy atom. The number of carbonyl (C=O) groups excluding carboxylic acids is 1. The van der Waals surface area contributed by atoms with Crippen LogP contribution in [-0.4, -0.2) is 44.6 Å². The van der Waals surface area contributed by atoms with Crippen LogP contribution in [0.1, 0.15) is 23.2 Å². The average Bonchev–Trinajstić information content (AvgIpc) is 2.37. The number of likely N-dealkylation sites (tertiary alicyclic amines) is 1. The Morgan fingerprint density at radius 1 is 1.42 bits per heavy atom. The molecule has 1 fully saturated rings. The quantitative estimate of drug-likeness (QED) is 0.864. The first-order valence-corrected chi connectivity index (χ1v) is 8.12. The molecule has 0 spiro atoms. The van der Waals surface area contributed by atoms with Gasteiger partial charge in [-0.25, -0.2) is 8.42 Å². The minimum absolute atomic E-state index is 0.00999. The molecule has 1 aromatic carbocycles. The number of hydrogen-bond acceptors (Lipinski definition) is 4. The predicted octanol–water partition coefficient (Wildman–Crippen LogP) is 0.653. The fraction of sp³-hybridized carbons (Fsp3) is 0.462. The van der Waals surface area contributed by atoms with E-state index in [9.17, 15) is 13.2 Å². The van der Waals surface area contributed by atoms with Gasteiger partial charge in [-0.3, -0.25) is 4.79 Å². The molecule has 0 aromatic heterocycles. The Bertz CT molecular complexity index is 583. The number of carbonyl (C=O) groups is 1. The molecule has 1 aromatic rings. The third-order valence-electron chi connectivity index (χ3n) is 3.25. The Balaban J connectivity index is 2.24. The van der Waals surface area contributed by atoms with Crippen molar-refractivity contribution in [1.29, 1.82) is 0 Å². The molecule has 2 rings (SSSR count). The van der Waals surface area contributed by atoms with Crippen molar-refractivity contribution >= 4 is 15.7 Å².